The van der Waals surface area contributed by atoms with E-state index in [0.717, 1.165) is 11.1 Å². The monoisotopic (exact) mass is 321 g/mol. The molecule has 0 spiro atoms. The van der Waals surface area contributed by atoms with Crippen molar-refractivity contribution in [1.29, 1.82) is 0 Å². The van der Waals surface area contributed by atoms with Gasteiger partial charge in [0.1, 0.15) is 0 Å². The summed E-state index contributed by atoms with van der Waals surface area (Å²) in [6.07, 6.45) is 4.05. The number of amides is 2. The van der Waals surface area contributed by atoms with Gasteiger partial charge in [-0.15, -0.1) is 5.06 Å². The average Bonchev–Trinajstić information content (AvgIpc) is 2.93. The second-order valence-electron chi connectivity index (χ2n) is 5.33. The van der Waals surface area contributed by atoms with Gasteiger partial charge in [0.25, 0.3) is 11.8 Å². The van der Waals surface area contributed by atoms with Gasteiger partial charge in [-0.05, 0) is 23.3 Å². The Morgan fingerprint density at radius 2 is 1.38 bits per heavy atom. The number of benzene rings is 2. The Hall–Kier alpha value is -3.21. The molecule has 0 radical (unpaired) electrons. The summed E-state index contributed by atoms with van der Waals surface area (Å²) in [6.45, 7) is 0. The lowest BCUT2D eigenvalue weighted by Gasteiger charge is -2.12. The fraction of sp³-hybridized carbons (Fsp3) is 0.105. The summed E-state index contributed by atoms with van der Waals surface area (Å²) in [5.74, 6) is -1.70. The summed E-state index contributed by atoms with van der Waals surface area (Å²) in [4.78, 5) is 39.8. The minimum absolute atomic E-state index is 0.0787. The molecule has 3 rings (SSSR count). The van der Waals surface area contributed by atoms with Crippen molar-refractivity contribution in [1.82, 2.24) is 5.06 Å². The van der Waals surface area contributed by atoms with Crippen LogP contribution in [-0.4, -0.2) is 22.8 Å². The predicted octanol–water partition coefficient (Wildman–Crippen LogP) is 3.08. The van der Waals surface area contributed by atoms with Crippen LogP contribution in [0.1, 0.15) is 34.3 Å². The van der Waals surface area contributed by atoms with Crippen molar-refractivity contribution >= 4 is 29.9 Å². The van der Waals surface area contributed by atoms with Crippen molar-refractivity contribution in [3.8, 4) is 0 Å². The highest BCUT2D eigenvalue weighted by atomic mass is 16.7. The molecule has 0 N–H and O–H groups in total. The molecule has 0 aliphatic carbocycles. The quantitative estimate of drug-likeness (QED) is 0.641. The molecule has 1 aliphatic heterocycles. The Balaban J connectivity index is 1.66. The maximum absolute atomic E-state index is 12.0. The first kappa shape index (κ1) is 15.7. The predicted molar refractivity (Wildman–Crippen MR) is 88.3 cm³/mol. The van der Waals surface area contributed by atoms with E-state index in [-0.39, 0.29) is 18.4 Å². The topological polar surface area (TPSA) is 63.7 Å². The second kappa shape index (κ2) is 6.91. The lowest BCUT2D eigenvalue weighted by molar-refractivity contribution is -0.172. The van der Waals surface area contributed by atoms with Crippen LogP contribution in [0.4, 0.5) is 0 Å². The molecule has 1 fully saturated rings. The van der Waals surface area contributed by atoms with Gasteiger partial charge in [0, 0.05) is 12.8 Å². The molecule has 0 saturated carbocycles. The number of carbonyl (C=O) groups is 3. The molecule has 120 valence electrons. The van der Waals surface area contributed by atoms with Crippen LogP contribution in [0.3, 0.4) is 0 Å². The van der Waals surface area contributed by atoms with Gasteiger partial charge in [-0.3, -0.25) is 9.59 Å². The molecule has 1 heterocycles. The van der Waals surface area contributed by atoms with Crippen molar-refractivity contribution in [2.24, 2.45) is 0 Å². The van der Waals surface area contributed by atoms with Crippen molar-refractivity contribution < 1.29 is 19.2 Å². The first-order valence-electron chi connectivity index (χ1n) is 7.55. The van der Waals surface area contributed by atoms with Gasteiger partial charge in [-0.25, -0.2) is 4.79 Å². The van der Waals surface area contributed by atoms with E-state index < -0.39 is 17.8 Å². The highest BCUT2D eigenvalue weighted by molar-refractivity contribution is 6.02. The number of hydrogen-bond donors (Lipinski definition) is 0. The van der Waals surface area contributed by atoms with E-state index in [1.807, 2.05) is 42.5 Å². The lowest BCUT2D eigenvalue weighted by Crippen LogP contribution is -2.32. The molecule has 0 bridgehead atoms. The summed E-state index contributed by atoms with van der Waals surface area (Å²) in [5.41, 5.74) is 2.27. The Morgan fingerprint density at radius 1 is 0.833 bits per heavy atom. The maximum atomic E-state index is 12.0. The van der Waals surface area contributed by atoms with Crippen LogP contribution in [-0.2, 0) is 14.4 Å². The number of nitrogens with zero attached hydrogens (tertiary/aromatic N) is 1. The van der Waals surface area contributed by atoms with Gasteiger partial charge in [-0.2, -0.15) is 0 Å². The van der Waals surface area contributed by atoms with Crippen molar-refractivity contribution in [2.75, 3.05) is 0 Å². The van der Waals surface area contributed by atoms with Gasteiger partial charge in [0.2, 0.25) is 0 Å². The van der Waals surface area contributed by atoms with Crippen molar-refractivity contribution in [3.05, 3.63) is 71.3 Å². The minimum atomic E-state index is -0.725. The van der Waals surface area contributed by atoms with E-state index in [0.29, 0.717) is 5.06 Å². The fourth-order valence-electron chi connectivity index (χ4n) is 2.28. The third-order valence-electron chi connectivity index (χ3n) is 3.59. The molecule has 5 nitrogen and oxygen atoms in total. The van der Waals surface area contributed by atoms with Gasteiger partial charge >= 0.3 is 5.97 Å². The van der Waals surface area contributed by atoms with E-state index in [2.05, 4.69) is 0 Å². The average molecular weight is 321 g/mol. The van der Waals surface area contributed by atoms with Crippen LogP contribution in [0.2, 0.25) is 0 Å². The van der Waals surface area contributed by atoms with Crippen LogP contribution in [0.25, 0.3) is 12.2 Å². The Kier molecular flexibility index (Phi) is 4.52. The molecular formula is C19H15NO4. The molecule has 2 amide bonds. The number of rotatable bonds is 4. The molecule has 0 atom stereocenters. The molecule has 1 saturated heterocycles. The standard InChI is InChI=1S/C19H15NO4/c21-17-12-13-18(22)20(17)24-19(23)16-10-8-15(9-11-16)7-6-14-4-2-1-3-5-14/h1-11H,12-13H2/b7-6+. The van der Waals surface area contributed by atoms with Gasteiger partial charge < -0.3 is 4.84 Å². The van der Waals surface area contributed by atoms with Gasteiger partial charge in [0.05, 0.1) is 5.56 Å². The van der Waals surface area contributed by atoms with E-state index in [4.69, 9.17) is 4.84 Å². The maximum Gasteiger partial charge on any atom is 0.363 e. The largest absolute Gasteiger partial charge is 0.363 e. The first-order chi connectivity index (χ1) is 11.6. The SMILES string of the molecule is O=C(ON1C(=O)CCC1=O)c1ccc(/C=C/c2ccccc2)cc1. The summed E-state index contributed by atoms with van der Waals surface area (Å²) in [6, 6.07) is 16.6. The minimum Gasteiger partial charge on any atom is -0.325 e. The molecule has 2 aromatic carbocycles. The molecule has 5 heteroatoms. The van der Waals surface area contributed by atoms with Crippen LogP contribution >= 0.6 is 0 Å². The van der Waals surface area contributed by atoms with E-state index in [9.17, 15) is 14.4 Å². The Labute approximate surface area is 139 Å². The summed E-state index contributed by atoms with van der Waals surface area (Å²) >= 11 is 0. The van der Waals surface area contributed by atoms with Gasteiger partial charge in [0.15, 0.2) is 0 Å². The highest BCUT2D eigenvalue weighted by Gasteiger charge is 2.33. The molecule has 0 aromatic heterocycles. The van der Waals surface area contributed by atoms with Crippen LogP contribution in [0, 0.1) is 0 Å². The third kappa shape index (κ3) is 3.57. The number of carbonyl (C=O) groups excluding carboxylic acids is 3. The Morgan fingerprint density at radius 3 is 1.96 bits per heavy atom. The molecule has 24 heavy (non-hydrogen) atoms. The fourth-order valence-corrected chi connectivity index (χ4v) is 2.28. The van der Waals surface area contributed by atoms with Gasteiger partial charge in [-0.1, -0.05) is 54.6 Å². The lowest BCUT2D eigenvalue weighted by atomic mass is 10.1. The van der Waals surface area contributed by atoms with Crippen LogP contribution in [0.15, 0.2) is 54.6 Å². The summed E-state index contributed by atoms with van der Waals surface area (Å²) in [5, 5.41) is 0.547. The highest BCUT2D eigenvalue weighted by Crippen LogP contribution is 2.15. The van der Waals surface area contributed by atoms with Crippen molar-refractivity contribution in [3.63, 3.8) is 0 Å². The molecule has 0 unspecified atom stereocenters. The number of imide groups is 1. The molecular weight excluding hydrogens is 306 g/mol. The number of hydroxylamine groups is 2. The van der Waals surface area contributed by atoms with E-state index in [1.165, 1.54) is 0 Å². The smallest absolute Gasteiger partial charge is 0.325 e. The Bertz CT molecular complexity index is 778. The van der Waals surface area contributed by atoms with Crippen LogP contribution in [0.5, 0.6) is 0 Å². The molecule has 2 aromatic rings. The summed E-state index contributed by atoms with van der Waals surface area (Å²) < 4.78 is 0. The zero-order valence-electron chi connectivity index (χ0n) is 12.8. The summed E-state index contributed by atoms with van der Waals surface area (Å²) in [7, 11) is 0. The normalized spacial score (nSPS) is 14.4. The third-order valence-corrected chi connectivity index (χ3v) is 3.59. The zero-order valence-corrected chi connectivity index (χ0v) is 12.8. The zero-order chi connectivity index (χ0) is 16.9. The van der Waals surface area contributed by atoms with E-state index >= 15 is 0 Å². The second-order valence-corrected chi connectivity index (χ2v) is 5.33. The molecule has 1 aliphatic rings. The number of hydrogen-bond acceptors (Lipinski definition) is 4. The van der Waals surface area contributed by atoms with E-state index in [1.54, 1.807) is 24.3 Å². The first-order valence-corrected chi connectivity index (χ1v) is 7.55. The van der Waals surface area contributed by atoms with Crippen LogP contribution < -0.4 is 0 Å². The van der Waals surface area contributed by atoms with Crippen molar-refractivity contribution in [2.45, 2.75) is 12.8 Å².